The van der Waals surface area contributed by atoms with Crippen molar-refractivity contribution in [3.05, 3.63) is 18.2 Å². The van der Waals surface area contributed by atoms with Crippen molar-refractivity contribution in [3.63, 3.8) is 0 Å². The fourth-order valence-corrected chi connectivity index (χ4v) is 2.79. The molecule has 1 aromatic rings. The molecular formula is C16H21F3N2O3. The molecule has 1 unspecified atom stereocenters. The van der Waals surface area contributed by atoms with Crippen LogP contribution in [0.5, 0.6) is 5.75 Å². The van der Waals surface area contributed by atoms with Crippen LogP contribution in [-0.2, 0) is 9.53 Å². The zero-order valence-corrected chi connectivity index (χ0v) is 13.4. The lowest BCUT2D eigenvalue weighted by Crippen LogP contribution is -2.49. The standard InChI is InChI=1S/C16H21F3N2O3/c1-2-23-15(22)10-24-11-6-7-13(12(20)9-11)21-8-4-3-5-14(21)16(17,18)19/h6-7,9,14H,2-5,8,10,20H2,1H3. The summed E-state index contributed by atoms with van der Waals surface area (Å²) in [6.45, 7) is 1.95. The molecular weight excluding hydrogens is 325 g/mol. The Labute approximate surface area is 138 Å². The number of esters is 1. The van der Waals surface area contributed by atoms with Crippen molar-refractivity contribution >= 4 is 17.3 Å². The van der Waals surface area contributed by atoms with E-state index in [1.165, 1.54) is 23.1 Å². The minimum absolute atomic E-state index is 0.0596. The Kier molecular flexibility index (Phi) is 5.80. The number of halogens is 3. The topological polar surface area (TPSA) is 64.8 Å². The van der Waals surface area contributed by atoms with Crippen molar-refractivity contribution in [2.45, 2.75) is 38.4 Å². The van der Waals surface area contributed by atoms with Gasteiger partial charge in [0.1, 0.15) is 11.8 Å². The Bertz CT molecular complexity index is 578. The van der Waals surface area contributed by atoms with Gasteiger partial charge in [-0.05, 0) is 38.3 Å². The average Bonchev–Trinajstić information content (AvgIpc) is 2.52. The Morgan fingerprint density at radius 2 is 2.12 bits per heavy atom. The quantitative estimate of drug-likeness (QED) is 0.655. The maximum absolute atomic E-state index is 13.2. The summed E-state index contributed by atoms with van der Waals surface area (Å²) in [7, 11) is 0. The lowest BCUT2D eigenvalue weighted by Gasteiger charge is -2.39. The van der Waals surface area contributed by atoms with Gasteiger partial charge in [-0.3, -0.25) is 0 Å². The molecule has 2 N–H and O–H groups in total. The lowest BCUT2D eigenvalue weighted by molar-refractivity contribution is -0.152. The number of rotatable bonds is 5. The Hall–Kier alpha value is -2.12. The summed E-state index contributed by atoms with van der Waals surface area (Å²) in [5, 5.41) is 0. The largest absolute Gasteiger partial charge is 0.482 e. The number of nitrogen functional groups attached to an aromatic ring is 1. The number of carbonyl (C=O) groups is 1. The molecule has 1 aliphatic heterocycles. The molecule has 1 atom stereocenters. The number of nitrogens with two attached hydrogens (primary N) is 1. The fraction of sp³-hybridized carbons (Fsp3) is 0.562. The first-order valence-electron chi connectivity index (χ1n) is 7.84. The second-order valence-electron chi connectivity index (χ2n) is 5.56. The smallest absolute Gasteiger partial charge is 0.408 e. The Morgan fingerprint density at radius 1 is 1.38 bits per heavy atom. The van der Waals surface area contributed by atoms with Crippen molar-refractivity contribution in [1.29, 1.82) is 0 Å². The van der Waals surface area contributed by atoms with E-state index in [0.29, 0.717) is 30.8 Å². The number of anilines is 2. The monoisotopic (exact) mass is 346 g/mol. The molecule has 0 spiro atoms. The third-order valence-electron chi connectivity index (χ3n) is 3.85. The molecule has 1 fully saturated rings. The van der Waals surface area contributed by atoms with E-state index in [0.717, 1.165) is 0 Å². The average molecular weight is 346 g/mol. The highest BCUT2D eigenvalue weighted by Gasteiger charge is 2.44. The predicted molar refractivity (Wildman–Crippen MR) is 84.0 cm³/mol. The zero-order valence-electron chi connectivity index (χ0n) is 13.4. The van der Waals surface area contributed by atoms with E-state index in [4.69, 9.17) is 15.2 Å². The number of benzene rings is 1. The maximum Gasteiger partial charge on any atom is 0.408 e. The van der Waals surface area contributed by atoms with Crippen molar-refractivity contribution in [2.24, 2.45) is 0 Å². The highest BCUT2D eigenvalue weighted by Crippen LogP contribution is 2.38. The summed E-state index contributed by atoms with van der Waals surface area (Å²) in [5.74, 6) is -0.210. The van der Waals surface area contributed by atoms with Crippen molar-refractivity contribution < 1.29 is 27.4 Å². The molecule has 1 aliphatic rings. The summed E-state index contributed by atoms with van der Waals surface area (Å²) in [5.41, 5.74) is 6.44. The second-order valence-corrected chi connectivity index (χ2v) is 5.56. The Balaban J connectivity index is 2.12. The minimum Gasteiger partial charge on any atom is -0.482 e. The van der Waals surface area contributed by atoms with Crippen molar-refractivity contribution in [1.82, 2.24) is 0 Å². The highest BCUT2D eigenvalue weighted by atomic mass is 19.4. The van der Waals surface area contributed by atoms with Crippen LogP contribution in [0.15, 0.2) is 18.2 Å². The van der Waals surface area contributed by atoms with Gasteiger partial charge in [0.15, 0.2) is 6.61 Å². The van der Waals surface area contributed by atoms with Gasteiger partial charge in [-0.2, -0.15) is 13.2 Å². The van der Waals surface area contributed by atoms with Gasteiger partial charge in [-0.15, -0.1) is 0 Å². The summed E-state index contributed by atoms with van der Waals surface area (Å²) in [6, 6.07) is 2.91. The summed E-state index contributed by atoms with van der Waals surface area (Å²) < 4.78 is 49.6. The van der Waals surface area contributed by atoms with Crippen LogP contribution < -0.4 is 15.4 Å². The zero-order chi connectivity index (χ0) is 17.7. The Morgan fingerprint density at radius 3 is 2.75 bits per heavy atom. The fourth-order valence-electron chi connectivity index (χ4n) is 2.79. The maximum atomic E-state index is 13.2. The first-order valence-corrected chi connectivity index (χ1v) is 7.84. The van der Waals surface area contributed by atoms with Crippen LogP contribution >= 0.6 is 0 Å². The van der Waals surface area contributed by atoms with E-state index in [-0.39, 0.29) is 25.3 Å². The molecule has 1 heterocycles. The molecule has 8 heteroatoms. The molecule has 2 rings (SSSR count). The van der Waals surface area contributed by atoms with Crippen LogP contribution in [0.2, 0.25) is 0 Å². The minimum atomic E-state index is -4.30. The van der Waals surface area contributed by atoms with Crippen LogP contribution in [0, 0.1) is 0 Å². The van der Waals surface area contributed by atoms with E-state index in [2.05, 4.69) is 0 Å². The van der Waals surface area contributed by atoms with E-state index in [9.17, 15) is 18.0 Å². The molecule has 24 heavy (non-hydrogen) atoms. The van der Waals surface area contributed by atoms with Crippen LogP contribution in [0.25, 0.3) is 0 Å². The first kappa shape index (κ1) is 18.2. The van der Waals surface area contributed by atoms with E-state index in [1.807, 2.05) is 0 Å². The van der Waals surface area contributed by atoms with Gasteiger partial charge >= 0.3 is 12.1 Å². The number of nitrogens with zero attached hydrogens (tertiary/aromatic N) is 1. The SMILES string of the molecule is CCOC(=O)COc1ccc(N2CCCCC2C(F)(F)F)c(N)c1. The van der Waals surface area contributed by atoms with E-state index >= 15 is 0 Å². The molecule has 0 aliphatic carbocycles. The van der Waals surface area contributed by atoms with Crippen LogP contribution in [0.4, 0.5) is 24.5 Å². The number of ether oxygens (including phenoxy) is 2. The van der Waals surface area contributed by atoms with E-state index in [1.54, 1.807) is 6.92 Å². The first-order chi connectivity index (χ1) is 11.3. The van der Waals surface area contributed by atoms with Gasteiger partial charge in [-0.1, -0.05) is 0 Å². The third-order valence-corrected chi connectivity index (χ3v) is 3.85. The highest BCUT2D eigenvalue weighted by molar-refractivity contribution is 5.72. The van der Waals surface area contributed by atoms with Crippen LogP contribution in [-0.4, -0.2) is 37.9 Å². The normalized spacial score (nSPS) is 18.3. The summed E-state index contributed by atoms with van der Waals surface area (Å²) in [4.78, 5) is 12.6. The van der Waals surface area contributed by atoms with Crippen LogP contribution in [0.1, 0.15) is 26.2 Å². The molecule has 1 saturated heterocycles. The summed E-state index contributed by atoms with van der Waals surface area (Å²) >= 11 is 0. The van der Waals surface area contributed by atoms with Gasteiger partial charge in [0.2, 0.25) is 0 Å². The summed E-state index contributed by atoms with van der Waals surface area (Å²) in [6.07, 6.45) is -3.01. The van der Waals surface area contributed by atoms with E-state index < -0.39 is 18.2 Å². The van der Waals surface area contributed by atoms with Crippen molar-refractivity contribution in [2.75, 3.05) is 30.4 Å². The van der Waals surface area contributed by atoms with Gasteiger partial charge in [0.25, 0.3) is 0 Å². The molecule has 0 radical (unpaired) electrons. The molecule has 0 bridgehead atoms. The molecule has 1 aromatic carbocycles. The van der Waals surface area contributed by atoms with Crippen LogP contribution in [0.3, 0.4) is 0 Å². The van der Waals surface area contributed by atoms with Gasteiger partial charge in [0, 0.05) is 12.6 Å². The number of carbonyl (C=O) groups excluding carboxylic acids is 1. The number of piperidine rings is 1. The number of hydrogen-bond donors (Lipinski definition) is 1. The van der Waals surface area contributed by atoms with Gasteiger partial charge < -0.3 is 20.1 Å². The third kappa shape index (κ3) is 4.46. The second kappa shape index (κ2) is 7.63. The molecule has 5 nitrogen and oxygen atoms in total. The van der Waals surface area contributed by atoms with Gasteiger partial charge in [0.05, 0.1) is 18.0 Å². The lowest BCUT2D eigenvalue weighted by atomic mass is 10.0. The molecule has 0 aromatic heterocycles. The van der Waals surface area contributed by atoms with Crippen molar-refractivity contribution in [3.8, 4) is 5.75 Å². The molecule has 0 amide bonds. The molecule has 0 saturated carbocycles. The van der Waals surface area contributed by atoms with Gasteiger partial charge in [-0.25, -0.2) is 4.79 Å². The number of hydrogen-bond acceptors (Lipinski definition) is 5. The number of alkyl halides is 3. The molecule has 134 valence electrons. The predicted octanol–water partition coefficient (Wildman–Crippen LogP) is 3.13.